The largest absolute Gasteiger partial charge is 0.296 e. The molecular weight excluding hydrogens is 270 g/mol. The summed E-state index contributed by atoms with van der Waals surface area (Å²) < 4.78 is 0. The molecular formula is C16H20ClN3. The molecule has 1 aromatic heterocycles. The lowest BCUT2D eigenvalue weighted by Gasteiger charge is -2.27. The summed E-state index contributed by atoms with van der Waals surface area (Å²) in [6.45, 7) is 2.39. The summed E-state index contributed by atoms with van der Waals surface area (Å²) in [4.78, 5) is 11.2. The Balaban J connectivity index is 0.00000147. The van der Waals surface area contributed by atoms with Crippen molar-refractivity contribution in [1.82, 2.24) is 14.9 Å². The van der Waals surface area contributed by atoms with Crippen LogP contribution in [-0.4, -0.2) is 28.0 Å². The fourth-order valence-corrected chi connectivity index (χ4v) is 2.82. The van der Waals surface area contributed by atoms with Crippen LogP contribution < -0.4 is 0 Å². The van der Waals surface area contributed by atoms with Crippen molar-refractivity contribution < 1.29 is 0 Å². The van der Waals surface area contributed by atoms with Gasteiger partial charge in [0.25, 0.3) is 0 Å². The first kappa shape index (κ1) is 14.9. The van der Waals surface area contributed by atoms with Gasteiger partial charge in [0.05, 0.1) is 5.69 Å². The minimum absolute atomic E-state index is 0. The van der Waals surface area contributed by atoms with E-state index in [-0.39, 0.29) is 12.4 Å². The van der Waals surface area contributed by atoms with Crippen LogP contribution in [0.3, 0.4) is 0 Å². The molecule has 0 aliphatic carbocycles. The number of hydrogen-bond acceptors (Lipinski definition) is 3. The molecule has 1 unspecified atom stereocenters. The lowest BCUT2D eigenvalue weighted by atomic mass is 10.0. The van der Waals surface area contributed by atoms with E-state index in [0.717, 1.165) is 12.1 Å². The number of aromatic nitrogens is 2. The van der Waals surface area contributed by atoms with Crippen LogP contribution in [0, 0.1) is 0 Å². The molecule has 0 N–H and O–H groups in total. The van der Waals surface area contributed by atoms with E-state index in [1.807, 2.05) is 6.20 Å². The molecule has 1 atom stereocenters. The van der Waals surface area contributed by atoms with Crippen molar-refractivity contribution in [3.63, 3.8) is 0 Å². The first-order valence-electron chi connectivity index (χ1n) is 6.97. The Morgan fingerprint density at radius 1 is 1.05 bits per heavy atom. The van der Waals surface area contributed by atoms with Gasteiger partial charge in [-0.05, 0) is 31.5 Å². The van der Waals surface area contributed by atoms with E-state index < -0.39 is 0 Å². The Hall–Kier alpha value is -1.45. The summed E-state index contributed by atoms with van der Waals surface area (Å²) in [6.07, 6.45) is 8.95. The molecule has 1 aliphatic heterocycles. The lowest BCUT2D eigenvalue weighted by Crippen LogP contribution is -2.27. The highest BCUT2D eigenvalue weighted by Gasteiger charge is 2.23. The molecule has 1 aromatic carbocycles. The molecule has 3 rings (SSSR count). The van der Waals surface area contributed by atoms with Crippen LogP contribution in [0.4, 0.5) is 0 Å². The predicted octanol–water partition coefficient (Wildman–Crippen LogP) is 3.28. The van der Waals surface area contributed by atoms with Gasteiger partial charge in [-0.1, -0.05) is 30.3 Å². The number of halogens is 1. The number of nitrogens with zero attached hydrogens (tertiary/aromatic N) is 3. The Morgan fingerprint density at radius 3 is 2.45 bits per heavy atom. The van der Waals surface area contributed by atoms with Crippen LogP contribution in [0.25, 0.3) is 0 Å². The molecule has 3 nitrogen and oxygen atoms in total. The highest BCUT2D eigenvalue weighted by atomic mass is 35.5. The first-order chi connectivity index (χ1) is 9.43. The zero-order valence-electron chi connectivity index (χ0n) is 11.5. The Bertz CT molecular complexity index is 498. The normalized spacial score (nSPS) is 16.6. The monoisotopic (exact) mass is 289 g/mol. The van der Waals surface area contributed by atoms with Crippen LogP contribution in [-0.2, 0) is 6.42 Å². The third kappa shape index (κ3) is 3.56. The average molecular weight is 290 g/mol. The van der Waals surface area contributed by atoms with E-state index in [1.54, 1.807) is 12.4 Å². The van der Waals surface area contributed by atoms with Crippen molar-refractivity contribution in [2.45, 2.75) is 25.3 Å². The van der Waals surface area contributed by atoms with Crippen LogP contribution in [0.15, 0.2) is 48.9 Å². The standard InChI is InChI=1S/C16H19N3.ClH/c1-2-6-14(7-3-1)16(19-10-4-5-11-19)12-15-13-17-8-9-18-15;/h1-3,6-9,13,16H,4-5,10-12H2;1H. The molecule has 1 fully saturated rings. The van der Waals surface area contributed by atoms with Gasteiger partial charge in [0, 0.05) is 31.1 Å². The molecule has 0 radical (unpaired) electrons. The number of hydrogen-bond donors (Lipinski definition) is 0. The van der Waals surface area contributed by atoms with E-state index >= 15 is 0 Å². The Kier molecular flexibility index (Phi) is 5.50. The van der Waals surface area contributed by atoms with Gasteiger partial charge < -0.3 is 0 Å². The van der Waals surface area contributed by atoms with Crippen molar-refractivity contribution in [1.29, 1.82) is 0 Å². The second-order valence-electron chi connectivity index (χ2n) is 5.07. The Labute approximate surface area is 126 Å². The average Bonchev–Trinajstić information content (AvgIpc) is 3.01. The third-order valence-electron chi connectivity index (χ3n) is 3.78. The zero-order chi connectivity index (χ0) is 12.9. The molecule has 2 aromatic rings. The molecule has 0 bridgehead atoms. The van der Waals surface area contributed by atoms with E-state index in [2.05, 4.69) is 45.2 Å². The Morgan fingerprint density at radius 2 is 1.80 bits per heavy atom. The number of benzene rings is 1. The molecule has 2 heterocycles. The molecule has 1 aliphatic rings. The summed E-state index contributed by atoms with van der Waals surface area (Å²) in [5, 5.41) is 0. The van der Waals surface area contributed by atoms with E-state index in [4.69, 9.17) is 0 Å². The van der Waals surface area contributed by atoms with E-state index in [0.29, 0.717) is 6.04 Å². The van der Waals surface area contributed by atoms with Crippen molar-refractivity contribution >= 4 is 12.4 Å². The maximum atomic E-state index is 4.43. The van der Waals surface area contributed by atoms with Gasteiger partial charge in [-0.2, -0.15) is 0 Å². The highest BCUT2D eigenvalue weighted by molar-refractivity contribution is 5.85. The van der Waals surface area contributed by atoms with Gasteiger partial charge in [0.1, 0.15) is 0 Å². The van der Waals surface area contributed by atoms with Gasteiger partial charge in [-0.25, -0.2) is 0 Å². The van der Waals surface area contributed by atoms with E-state index in [9.17, 15) is 0 Å². The topological polar surface area (TPSA) is 29.0 Å². The fraction of sp³-hybridized carbons (Fsp3) is 0.375. The molecule has 0 spiro atoms. The van der Waals surface area contributed by atoms with Gasteiger partial charge in [-0.3, -0.25) is 14.9 Å². The molecule has 0 amide bonds. The predicted molar refractivity (Wildman–Crippen MR) is 83.0 cm³/mol. The second-order valence-corrected chi connectivity index (χ2v) is 5.07. The smallest absolute Gasteiger partial charge is 0.0605 e. The van der Waals surface area contributed by atoms with Crippen LogP contribution in [0.2, 0.25) is 0 Å². The summed E-state index contributed by atoms with van der Waals surface area (Å²) in [5.74, 6) is 0. The van der Waals surface area contributed by atoms with Crippen molar-refractivity contribution in [3.8, 4) is 0 Å². The fourth-order valence-electron chi connectivity index (χ4n) is 2.82. The molecule has 0 saturated carbocycles. The number of rotatable bonds is 4. The zero-order valence-corrected chi connectivity index (χ0v) is 12.3. The minimum atomic E-state index is 0. The maximum absolute atomic E-state index is 4.43. The van der Waals surface area contributed by atoms with Gasteiger partial charge in [0.2, 0.25) is 0 Å². The minimum Gasteiger partial charge on any atom is -0.296 e. The first-order valence-corrected chi connectivity index (χ1v) is 6.97. The number of likely N-dealkylation sites (tertiary alicyclic amines) is 1. The van der Waals surface area contributed by atoms with Crippen molar-refractivity contribution in [2.75, 3.05) is 13.1 Å². The second kappa shape index (κ2) is 7.36. The summed E-state index contributed by atoms with van der Waals surface area (Å²) in [7, 11) is 0. The molecule has 20 heavy (non-hydrogen) atoms. The summed E-state index contributed by atoms with van der Waals surface area (Å²) in [6, 6.07) is 11.2. The molecule has 106 valence electrons. The SMILES string of the molecule is Cl.c1ccc(C(Cc2cnccn2)N2CCCC2)cc1. The summed E-state index contributed by atoms with van der Waals surface area (Å²) in [5.41, 5.74) is 2.46. The van der Waals surface area contributed by atoms with Crippen LogP contribution in [0.5, 0.6) is 0 Å². The van der Waals surface area contributed by atoms with Crippen LogP contribution in [0.1, 0.15) is 30.1 Å². The van der Waals surface area contributed by atoms with E-state index in [1.165, 1.54) is 31.5 Å². The van der Waals surface area contributed by atoms with Gasteiger partial charge in [-0.15, -0.1) is 12.4 Å². The maximum Gasteiger partial charge on any atom is 0.0605 e. The highest BCUT2D eigenvalue weighted by Crippen LogP contribution is 2.27. The quantitative estimate of drug-likeness (QED) is 0.865. The molecule has 1 saturated heterocycles. The summed E-state index contributed by atoms with van der Waals surface area (Å²) >= 11 is 0. The van der Waals surface area contributed by atoms with Crippen molar-refractivity contribution in [2.24, 2.45) is 0 Å². The van der Waals surface area contributed by atoms with Gasteiger partial charge in [0.15, 0.2) is 0 Å². The van der Waals surface area contributed by atoms with Gasteiger partial charge >= 0.3 is 0 Å². The van der Waals surface area contributed by atoms with Crippen molar-refractivity contribution in [3.05, 3.63) is 60.2 Å². The molecule has 4 heteroatoms. The lowest BCUT2D eigenvalue weighted by molar-refractivity contribution is 0.242. The van der Waals surface area contributed by atoms with Crippen LogP contribution >= 0.6 is 12.4 Å². The third-order valence-corrected chi connectivity index (χ3v) is 3.78.